The van der Waals surface area contributed by atoms with Crippen molar-refractivity contribution in [3.8, 4) is 0 Å². The number of alkyl halides is 3. The van der Waals surface area contributed by atoms with Crippen LogP contribution in [0, 0.1) is 6.92 Å². The molecule has 152 valence electrons. The van der Waals surface area contributed by atoms with Crippen LogP contribution in [0.1, 0.15) is 21.5 Å². The van der Waals surface area contributed by atoms with Gasteiger partial charge in [-0.15, -0.1) is 11.8 Å². The van der Waals surface area contributed by atoms with Crippen LogP contribution < -0.4 is 4.72 Å². The Morgan fingerprint density at radius 3 is 2.57 bits per heavy atom. The van der Waals surface area contributed by atoms with Crippen LogP contribution in [0.25, 0.3) is 0 Å². The van der Waals surface area contributed by atoms with Crippen LogP contribution in [0.3, 0.4) is 0 Å². The third kappa shape index (κ3) is 5.60. The SMILES string of the molecule is Cc1ccc(S(=O)(=O)NCCSc2ncc(C(F)(F)F)cc2Cl)cc1C(=O)O. The summed E-state index contributed by atoms with van der Waals surface area (Å²) < 4.78 is 64.6. The number of hydrogen-bond donors (Lipinski definition) is 2. The van der Waals surface area contributed by atoms with E-state index in [2.05, 4.69) is 9.71 Å². The first-order valence-corrected chi connectivity index (χ1v) is 10.5. The molecule has 0 fully saturated rings. The van der Waals surface area contributed by atoms with E-state index in [9.17, 15) is 26.4 Å². The number of aryl methyl sites for hydroxylation is 1. The van der Waals surface area contributed by atoms with Crippen LogP contribution in [0.5, 0.6) is 0 Å². The lowest BCUT2D eigenvalue weighted by Gasteiger charge is -2.10. The molecule has 28 heavy (non-hydrogen) atoms. The van der Waals surface area contributed by atoms with Crippen molar-refractivity contribution in [2.75, 3.05) is 12.3 Å². The van der Waals surface area contributed by atoms with Gasteiger partial charge in [0.2, 0.25) is 10.0 Å². The minimum Gasteiger partial charge on any atom is -0.478 e. The predicted octanol–water partition coefficient (Wildman–Crippen LogP) is 3.83. The van der Waals surface area contributed by atoms with Crippen molar-refractivity contribution < 1.29 is 31.5 Å². The Labute approximate surface area is 168 Å². The number of hydrogen-bond acceptors (Lipinski definition) is 5. The maximum absolute atomic E-state index is 12.6. The minimum atomic E-state index is -4.56. The van der Waals surface area contributed by atoms with Gasteiger partial charge < -0.3 is 5.11 Å². The van der Waals surface area contributed by atoms with Gasteiger partial charge in [-0.2, -0.15) is 13.2 Å². The molecule has 1 aromatic heterocycles. The predicted molar refractivity (Wildman–Crippen MR) is 98.3 cm³/mol. The monoisotopic (exact) mass is 454 g/mol. The number of nitrogens with zero attached hydrogens (tertiary/aromatic N) is 1. The number of benzene rings is 1. The first-order valence-electron chi connectivity index (χ1n) is 7.61. The molecule has 0 unspecified atom stereocenters. The molecule has 6 nitrogen and oxygen atoms in total. The van der Waals surface area contributed by atoms with Crippen molar-refractivity contribution in [3.63, 3.8) is 0 Å². The highest BCUT2D eigenvalue weighted by atomic mass is 35.5. The second-order valence-electron chi connectivity index (χ2n) is 5.54. The molecule has 1 aromatic carbocycles. The molecule has 0 aliphatic rings. The molecule has 0 aliphatic carbocycles. The summed E-state index contributed by atoms with van der Waals surface area (Å²) >= 11 is 6.77. The molecule has 0 atom stereocenters. The molecular formula is C16H14ClF3N2O4S2. The molecule has 0 aliphatic heterocycles. The van der Waals surface area contributed by atoms with Crippen molar-refractivity contribution >= 4 is 39.4 Å². The van der Waals surface area contributed by atoms with Gasteiger partial charge in [-0.25, -0.2) is 22.9 Å². The average Bonchev–Trinajstić information content (AvgIpc) is 2.58. The second-order valence-corrected chi connectivity index (χ2v) is 8.79. The number of thioether (sulfide) groups is 1. The Bertz CT molecular complexity index is 998. The highest BCUT2D eigenvalue weighted by molar-refractivity contribution is 7.99. The van der Waals surface area contributed by atoms with Gasteiger partial charge in [0.15, 0.2) is 0 Å². The third-order valence-corrected chi connectivity index (χ3v) is 6.38. The standard InChI is InChI=1S/C16H14ClF3N2O4S2/c1-9-2-3-11(7-12(9)15(23)24)28(25,26)22-4-5-27-14-13(17)6-10(8-21-14)16(18,19)20/h2-3,6-8,22H,4-5H2,1H3,(H,23,24). The van der Waals surface area contributed by atoms with Crippen LogP contribution in [0.4, 0.5) is 13.2 Å². The van der Waals surface area contributed by atoms with Crippen LogP contribution in [-0.2, 0) is 16.2 Å². The zero-order chi connectivity index (χ0) is 21.1. The Balaban J connectivity index is 2.00. The zero-order valence-electron chi connectivity index (χ0n) is 14.2. The highest BCUT2D eigenvalue weighted by Crippen LogP contribution is 2.33. The maximum atomic E-state index is 12.6. The van der Waals surface area contributed by atoms with Gasteiger partial charge in [-0.05, 0) is 30.7 Å². The first kappa shape index (κ1) is 22.5. The summed E-state index contributed by atoms with van der Waals surface area (Å²) in [5, 5.41) is 9.03. The summed E-state index contributed by atoms with van der Waals surface area (Å²) in [6.45, 7) is 1.48. The Kier molecular flexibility index (Phi) is 6.97. The first-order chi connectivity index (χ1) is 12.9. The summed E-state index contributed by atoms with van der Waals surface area (Å²) in [6, 6.07) is 4.48. The zero-order valence-corrected chi connectivity index (χ0v) is 16.6. The molecule has 2 rings (SSSR count). The number of nitrogens with one attached hydrogen (secondary N) is 1. The number of carboxylic acid groups (broad SMARTS) is 1. The van der Waals surface area contributed by atoms with Crippen LogP contribution >= 0.6 is 23.4 Å². The van der Waals surface area contributed by atoms with Gasteiger partial charge in [0.1, 0.15) is 5.03 Å². The number of halogens is 4. The highest BCUT2D eigenvalue weighted by Gasteiger charge is 2.31. The normalized spacial score (nSPS) is 12.2. The Morgan fingerprint density at radius 1 is 1.32 bits per heavy atom. The van der Waals surface area contributed by atoms with Crippen LogP contribution in [0.15, 0.2) is 40.4 Å². The summed E-state index contributed by atoms with van der Waals surface area (Å²) in [7, 11) is -3.95. The molecule has 0 saturated carbocycles. The van der Waals surface area contributed by atoms with Gasteiger partial charge in [-0.1, -0.05) is 17.7 Å². The maximum Gasteiger partial charge on any atom is 0.417 e. The fourth-order valence-electron chi connectivity index (χ4n) is 2.09. The van der Waals surface area contributed by atoms with Crippen molar-refractivity contribution in [2.45, 2.75) is 23.0 Å². The molecule has 1 heterocycles. The molecule has 0 bridgehead atoms. The average molecular weight is 455 g/mol. The molecule has 12 heteroatoms. The third-order valence-electron chi connectivity index (χ3n) is 3.52. The molecule has 2 aromatic rings. The summed E-state index contributed by atoms with van der Waals surface area (Å²) in [4.78, 5) is 14.6. The van der Waals surface area contributed by atoms with E-state index < -0.39 is 27.7 Å². The van der Waals surface area contributed by atoms with E-state index >= 15 is 0 Å². The number of sulfonamides is 1. The summed E-state index contributed by atoms with van der Waals surface area (Å²) in [6.07, 6.45) is -3.91. The number of aromatic nitrogens is 1. The van der Waals surface area contributed by atoms with E-state index in [4.69, 9.17) is 16.7 Å². The van der Waals surface area contributed by atoms with Crippen molar-refractivity contribution in [1.29, 1.82) is 0 Å². The molecule has 0 radical (unpaired) electrons. The van der Waals surface area contributed by atoms with Crippen LogP contribution in [-0.4, -0.2) is 36.8 Å². The quantitative estimate of drug-likeness (QED) is 0.487. The number of pyridine rings is 1. The molecule has 2 N–H and O–H groups in total. The van der Waals surface area contributed by atoms with E-state index in [1.54, 1.807) is 6.92 Å². The second kappa shape index (κ2) is 8.68. The lowest BCUT2D eigenvalue weighted by atomic mass is 10.1. The molecule has 0 saturated heterocycles. The van der Waals surface area contributed by atoms with E-state index in [-0.39, 0.29) is 32.8 Å². The van der Waals surface area contributed by atoms with Crippen molar-refractivity contribution in [3.05, 3.63) is 52.2 Å². The summed E-state index contributed by atoms with van der Waals surface area (Å²) in [5.41, 5.74) is -0.681. The van der Waals surface area contributed by atoms with E-state index in [1.165, 1.54) is 12.1 Å². The molecular weight excluding hydrogens is 441 g/mol. The van der Waals surface area contributed by atoms with Gasteiger partial charge in [0, 0.05) is 18.5 Å². The van der Waals surface area contributed by atoms with E-state index in [0.717, 1.165) is 23.9 Å². The van der Waals surface area contributed by atoms with Crippen molar-refractivity contribution in [1.82, 2.24) is 9.71 Å². The Morgan fingerprint density at radius 2 is 2.00 bits per heavy atom. The topological polar surface area (TPSA) is 96.4 Å². The van der Waals surface area contributed by atoms with E-state index in [0.29, 0.717) is 11.8 Å². The minimum absolute atomic E-state index is 0.0672. The Hall–Kier alpha value is -1.82. The van der Waals surface area contributed by atoms with Crippen LogP contribution in [0.2, 0.25) is 5.02 Å². The fraction of sp³-hybridized carbons (Fsp3) is 0.250. The van der Waals surface area contributed by atoms with Gasteiger partial charge in [0.25, 0.3) is 0 Å². The fourth-order valence-corrected chi connectivity index (χ4v) is 4.33. The summed E-state index contributed by atoms with van der Waals surface area (Å²) in [5.74, 6) is -1.09. The number of carbonyl (C=O) groups is 1. The molecule has 0 amide bonds. The van der Waals surface area contributed by atoms with Crippen molar-refractivity contribution in [2.24, 2.45) is 0 Å². The van der Waals surface area contributed by atoms with Gasteiger partial charge in [-0.3, -0.25) is 0 Å². The van der Waals surface area contributed by atoms with E-state index in [1.807, 2.05) is 0 Å². The smallest absolute Gasteiger partial charge is 0.417 e. The lowest BCUT2D eigenvalue weighted by Crippen LogP contribution is -2.26. The lowest BCUT2D eigenvalue weighted by molar-refractivity contribution is -0.137. The van der Waals surface area contributed by atoms with Gasteiger partial charge in [0.05, 0.1) is 21.0 Å². The van der Waals surface area contributed by atoms with Gasteiger partial charge >= 0.3 is 12.1 Å². The number of carboxylic acids is 1. The number of rotatable bonds is 7. The largest absolute Gasteiger partial charge is 0.478 e. The number of aromatic carboxylic acids is 1. The molecule has 0 spiro atoms.